The van der Waals surface area contributed by atoms with Crippen LogP contribution in [0.2, 0.25) is 0 Å². The molecule has 0 aliphatic carbocycles. The van der Waals surface area contributed by atoms with Crippen LogP contribution >= 0.6 is 0 Å². The monoisotopic (exact) mass is 130 g/mol. The van der Waals surface area contributed by atoms with E-state index in [2.05, 4.69) is 0 Å². The predicted octanol–water partition coefficient (Wildman–Crippen LogP) is 1.39. The van der Waals surface area contributed by atoms with Gasteiger partial charge in [-0.05, 0) is 27.7 Å². The maximum atomic E-state index is 10.6. The Bertz CT molecular complexity index is 97.1. The second kappa shape index (κ2) is 3.62. The van der Waals surface area contributed by atoms with E-state index in [1.807, 2.05) is 13.8 Å². The first-order valence-electron chi connectivity index (χ1n) is 3.20. The molecule has 0 aromatic carbocycles. The molecule has 0 rings (SSSR count). The smallest absolute Gasteiger partial charge is 0.158 e. The Balaban J connectivity index is 3.50. The molecule has 0 saturated heterocycles. The number of ether oxygens (including phenoxy) is 1. The zero-order valence-corrected chi connectivity index (χ0v) is 6.47. The third-order valence-electron chi connectivity index (χ3n) is 1.05. The van der Waals surface area contributed by atoms with Crippen molar-refractivity contribution >= 4 is 5.78 Å². The van der Waals surface area contributed by atoms with Crippen molar-refractivity contribution in [3.05, 3.63) is 0 Å². The molecule has 1 atom stereocenters. The second-order valence-corrected chi connectivity index (χ2v) is 2.44. The summed E-state index contributed by atoms with van der Waals surface area (Å²) in [5.74, 6) is 0.0868. The molecule has 2 nitrogen and oxygen atoms in total. The zero-order chi connectivity index (χ0) is 7.44. The minimum absolute atomic E-state index is 0.0868. The summed E-state index contributed by atoms with van der Waals surface area (Å²) in [6.07, 6.45) is -0.103. The molecule has 0 N–H and O–H groups in total. The van der Waals surface area contributed by atoms with Crippen LogP contribution in [0.15, 0.2) is 0 Å². The highest BCUT2D eigenvalue weighted by atomic mass is 16.5. The molecule has 0 heterocycles. The van der Waals surface area contributed by atoms with Crippen LogP contribution in [0.25, 0.3) is 0 Å². The molecular formula is C7H14O2. The molecule has 0 aromatic heterocycles. The van der Waals surface area contributed by atoms with Crippen molar-refractivity contribution in [2.45, 2.75) is 39.9 Å². The van der Waals surface area contributed by atoms with Crippen molar-refractivity contribution in [1.29, 1.82) is 0 Å². The number of carbonyl (C=O) groups is 1. The number of rotatable bonds is 3. The average Bonchev–Trinajstić information content (AvgIpc) is 1.63. The van der Waals surface area contributed by atoms with Crippen molar-refractivity contribution in [2.75, 3.05) is 0 Å². The SMILES string of the molecule is CC(=O)[C@@H](C)OC(C)C. The molecule has 54 valence electrons. The largest absolute Gasteiger partial charge is 0.368 e. The minimum Gasteiger partial charge on any atom is -0.368 e. The van der Waals surface area contributed by atoms with E-state index in [-0.39, 0.29) is 18.0 Å². The molecule has 0 saturated carbocycles. The topological polar surface area (TPSA) is 26.3 Å². The van der Waals surface area contributed by atoms with Gasteiger partial charge in [0.1, 0.15) is 6.10 Å². The van der Waals surface area contributed by atoms with Crippen molar-refractivity contribution in [3.63, 3.8) is 0 Å². The third kappa shape index (κ3) is 4.15. The van der Waals surface area contributed by atoms with E-state index in [0.29, 0.717) is 0 Å². The van der Waals surface area contributed by atoms with Crippen LogP contribution < -0.4 is 0 Å². The molecule has 0 spiro atoms. The van der Waals surface area contributed by atoms with Crippen LogP contribution in [0.1, 0.15) is 27.7 Å². The van der Waals surface area contributed by atoms with Gasteiger partial charge < -0.3 is 4.74 Å². The van der Waals surface area contributed by atoms with Crippen LogP contribution in [-0.2, 0) is 9.53 Å². The highest BCUT2D eigenvalue weighted by Gasteiger charge is 2.08. The Labute approximate surface area is 56.2 Å². The lowest BCUT2D eigenvalue weighted by atomic mass is 10.3. The van der Waals surface area contributed by atoms with E-state index < -0.39 is 0 Å². The van der Waals surface area contributed by atoms with Crippen molar-refractivity contribution in [1.82, 2.24) is 0 Å². The van der Waals surface area contributed by atoms with Crippen LogP contribution in [0, 0.1) is 0 Å². The molecule has 0 aliphatic rings. The van der Waals surface area contributed by atoms with Gasteiger partial charge in [-0.15, -0.1) is 0 Å². The normalized spacial score (nSPS) is 13.9. The fourth-order valence-electron chi connectivity index (χ4n) is 0.504. The molecule has 0 amide bonds. The summed E-state index contributed by atoms with van der Waals surface area (Å²) < 4.78 is 5.16. The van der Waals surface area contributed by atoms with Crippen LogP contribution in [0.5, 0.6) is 0 Å². The quantitative estimate of drug-likeness (QED) is 0.577. The van der Waals surface area contributed by atoms with Gasteiger partial charge in [-0.2, -0.15) is 0 Å². The maximum absolute atomic E-state index is 10.6. The van der Waals surface area contributed by atoms with Gasteiger partial charge in [-0.1, -0.05) is 0 Å². The lowest BCUT2D eigenvalue weighted by Gasteiger charge is -2.11. The highest BCUT2D eigenvalue weighted by Crippen LogP contribution is 1.96. The summed E-state index contributed by atoms with van der Waals surface area (Å²) in [6.45, 7) is 7.13. The number of hydrogen-bond acceptors (Lipinski definition) is 2. The van der Waals surface area contributed by atoms with E-state index >= 15 is 0 Å². The molecule has 0 fully saturated rings. The maximum Gasteiger partial charge on any atom is 0.158 e. The fourth-order valence-corrected chi connectivity index (χ4v) is 0.504. The Kier molecular flexibility index (Phi) is 3.47. The molecule has 0 aromatic rings. The summed E-state index contributed by atoms with van der Waals surface area (Å²) in [4.78, 5) is 10.6. The van der Waals surface area contributed by atoms with Gasteiger partial charge in [0.15, 0.2) is 5.78 Å². The van der Waals surface area contributed by atoms with Crippen LogP contribution in [0.3, 0.4) is 0 Å². The number of ketones is 1. The van der Waals surface area contributed by atoms with Gasteiger partial charge in [-0.3, -0.25) is 4.79 Å². The molecule has 2 heteroatoms. The summed E-state index contributed by atoms with van der Waals surface area (Å²) in [6, 6.07) is 0. The van der Waals surface area contributed by atoms with Gasteiger partial charge in [0.05, 0.1) is 6.10 Å². The van der Waals surface area contributed by atoms with Crippen LogP contribution in [-0.4, -0.2) is 18.0 Å². The predicted molar refractivity (Wildman–Crippen MR) is 36.4 cm³/mol. The number of hydrogen-bond donors (Lipinski definition) is 0. The molecule has 0 unspecified atom stereocenters. The van der Waals surface area contributed by atoms with E-state index in [1.165, 1.54) is 6.92 Å². The van der Waals surface area contributed by atoms with Gasteiger partial charge >= 0.3 is 0 Å². The van der Waals surface area contributed by atoms with Gasteiger partial charge in [0.2, 0.25) is 0 Å². The molecule has 0 bridgehead atoms. The number of carbonyl (C=O) groups excluding carboxylic acids is 1. The van der Waals surface area contributed by atoms with Gasteiger partial charge in [0.25, 0.3) is 0 Å². The van der Waals surface area contributed by atoms with Crippen molar-refractivity contribution in [2.24, 2.45) is 0 Å². The van der Waals surface area contributed by atoms with Gasteiger partial charge in [-0.25, -0.2) is 0 Å². The summed E-state index contributed by atoms with van der Waals surface area (Å²) >= 11 is 0. The first-order valence-corrected chi connectivity index (χ1v) is 3.20. The first-order chi connectivity index (χ1) is 4.04. The van der Waals surface area contributed by atoms with Crippen molar-refractivity contribution in [3.8, 4) is 0 Å². The lowest BCUT2D eigenvalue weighted by molar-refractivity contribution is -0.129. The Hall–Kier alpha value is -0.370. The minimum atomic E-state index is -0.245. The van der Waals surface area contributed by atoms with E-state index in [0.717, 1.165) is 0 Å². The fraction of sp³-hybridized carbons (Fsp3) is 0.857. The molecular weight excluding hydrogens is 116 g/mol. The lowest BCUT2D eigenvalue weighted by Crippen LogP contribution is -2.21. The standard InChI is InChI=1S/C7H14O2/c1-5(2)9-7(4)6(3)8/h5,7H,1-4H3/t7-/m1/s1. The molecule has 0 radical (unpaired) electrons. The molecule has 0 aliphatic heterocycles. The average molecular weight is 130 g/mol. The second-order valence-electron chi connectivity index (χ2n) is 2.44. The first kappa shape index (κ1) is 8.63. The highest BCUT2D eigenvalue weighted by molar-refractivity contribution is 5.79. The number of Topliss-reactive ketones (excluding diaryl/α,β-unsaturated/α-hetero) is 1. The van der Waals surface area contributed by atoms with Crippen molar-refractivity contribution < 1.29 is 9.53 Å². The van der Waals surface area contributed by atoms with E-state index in [1.54, 1.807) is 6.92 Å². The Morgan fingerprint density at radius 1 is 1.33 bits per heavy atom. The Morgan fingerprint density at radius 3 is 1.89 bits per heavy atom. The zero-order valence-electron chi connectivity index (χ0n) is 6.47. The van der Waals surface area contributed by atoms with E-state index in [4.69, 9.17) is 4.74 Å². The van der Waals surface area contributed by atoms with Gasteiger partial charge in [0, 0.05) is 0 Å². The summed E-state index contributed by atoms with van der Waals surface area (Å²) in [5, 5.41) is 0. The summed E-state index contributed by atoms with van der Waals surface area (Å²) in [5.41, 5.74) is 0. The summed E-state index contributed by atoms with van der Waals surface area (Å²) in [7, 11) is 0. The van der Waals surface area contributed by atoms with E-state index in [9.17, 15) is 4.79 Å². The van der Waals surface area contributed by atoms with Crippen LogP contribution in [0.4, 0.5) is 0 Å². The Morgan fingerprint density at radius 2 is 1.78 bits per heavy atom. The third-order valence-corrected chi connectivity index (χ3v) is 1.05. The molecule has 9 heavy (non-hydrogen) atoms.